The zero-order valence-corrected chi connectivity index (χ0v) is 24.9. The van der Waals surface area contributed by atoms with Crippen LogP contribution in [0.1, 0.15) is 73.3 Å². The molecule has 0 saturated heterocycles. The minimum absolute atomic E-state index is 0.268. The summed E-state index contributed by atoms with van der Waals surface area (Å²) in [5.74, 6) is -27.6. The van der Waals surface area contributed by atoms with E-state index in [9.17, 15) is 47.8 Å². The topological polar surface area (TPSA) is 202 Å². The highest BCUT2D eigenvalue weighted by molar-refractivity contribution is 6.05. The van der Waals surface area contributed by atoms with E-state index in [1.165, 1.54) is 0 Å². The average molecular weight is 720 g/mol. The normalized spacial score (nSPS) is 11.7. The minimum Gasteiger partial charge on any atom is -0.478 e. The van der Waals surface area contributed by atoms with Gasteiger partial charge in [-0.05, 0) is 84.9 Å². The number of benzene rings is 4. The number of carbonyl (C=O) groups is 6. The zero-order chi connectivity index (χ0) is 38.1. The fraction of sp³-hybridized carbons (Fsp3) is 0.0909. The molecule has 4 rings (SSSR count). The maximum atomic E-state index is 15.0. The van der Waals surface area contributed by atoms with E-state index in [2.05, 4.69) is 0 Å². The largest absolute Gasteiger partial charge is 0.478 e. The third kappa shape index (κ3) is 7.19. The van der Waals surface area contributed by atoms with Gasteiger partial charge < -0.3 is 29.9 Å². The predicted molar refractivity (Wildman–Crippen MR) is 156 cm³/mol. The molecule has 0 radical (unpaired) electrons. The third-order valence-corrected chi connectivity index (χ3v) is 7.08. The van der Waals surface area contributed by atoms with E-state index >= 15 is 17.6 Å². The molecule has 0 unspecified atom stereocenters. The van der Waals surface area contributed by atoms with Gasteiger partial charge in [-0.2, -0.15) is 26.3 Å². The van der Waals surface area contributed by atoms with Gasteiger partial charge in [0, 0.05) is 11.1 Å². The second kappa shape index (κ2) is 13.7. The lowest BCUT2D eigenvalue weighted by atomic mass is 9.92. The molecule has 4 aromatic rings. The number of hydrogen-bond donors (Lipinski definition) is 4. The van der Waals surface area contributed by atoms with Gasteiger partial charge in [-0.3, -0.25) is 0 Å². The van der Waals surface area contributed by atoms with Crippen molar-refractivity contribution in [3.05, 3.63) is 129 Å². The van der Waals surface area contributed by atoms with E-state index in [0.717, 1.165) is 24.3 Å². The highest BCUT2D eigenvalue weighted by Crippen LogP contribution is 2.55. The van der Waals surface area contributed by atoms with Crippen LogP contribution in [-0.4, -0.2) is 62.2 Å². The summed E-state index contributed by atoms with van der Waals surface area (Å²) >= 11 is 0. The molecule has 12 nitrogen and oxygen atoms in total. The van der Waals surface area contributed by atoms with Crippen LogP contribution in [0.5, 0.6) is 11.5 Å². The number of alkyl halides is 6. The fourth-order valence-corrected chi connectivity index (χ4v) is 4.43. The van der Waals surface area contributed by atoms with Crippen molar-refractivity contribution in [2.24, 2.45) is 0 Å². The van der Waals surface area contributed by atoms with E-state index in [1.54, 1.807) is 0 Å². The van der Waals surface area contributed by atoms with Crippen LogP contribution in [0.2, 0.25) is 0 Å². The van der Waals surface area contributed by atoms with Gasteiger partial charge in [0.2, 0.25) is 0 Å². The number of esters is 2. The fourth-order valence-electron chi connectivity index (χ4n) is 4.43. The molecule has 51 heavy (non-hydrogen) atoms. The Morgan fingerprint density at radius 3 is 1.00 bits per heavy atom. The molecule has 4 aromatic carbocycles. The Balaban J connectivity index is 1.50. The summed E-state index contributed by atoms with van der Waals surface area (Å²) in [4.78, 5) is 69.9. The number of carboxylic acids is 4. The van der Waals surface area contributed by atoms with Crippen molar-refractivity contribution in [1.29, 1.82) is 0 Å². The molecule has 0 aliphatic carbocycles. The van der Waals surface area contributed by atoms with Gasteiger partial charge in [0.1, 0.15) is 11.5 Å². The molecule has 0 atom stereocenters. The van der Waals surface area contributed by atoms with Crippen LogP contribution in [0, 0.1) is 0 Å². The average Bonchev–Trinajstić information content (AvgIpc) is 3.07. The molecule has 0 heterocycles. The highest BCUT2D eigenvalue weighted by Gasteiger charge is 2.72. The number of aromatic carboxylic acids is 4. The lowest BCUT2D eigenvalue weighted by molar-refractivity contribution is -0.321. The molecule has 0 bridgehead atoms. The smallest absolute Gasteiger partial charge is 0.380 e. The molecule has 0 fully saturated rings. The van der Waals surface area contributed by atoms with E-state index in [4.69, 9.17) is 19.7 Å². The summed E-state index contributed by atoms with van der Waals surface area (Å²) in [5.41, 5.74) is -7.14. The molecule has 0 aliphatic rings. The summed E-state index contributed by atoms with van der Waals surface area (Å²) in [6.45, 7) is 0. The molecule has 264 valence electrons. The molecular formula is C33H18F6O12. The quantitative estimate of drug-likeness (QED) is 0.0710. The van der Waals surface area contributed by atoms with E-state index in [1.807, 2.05) is 0 Å². The Hall–Kier alpha value is -6.72. The maximum Gasteiger partial charge on any atom is 0.380 e. The number of halogens is 6. The maximum absolute atomic E-state index is 15.0. The van der Waals surface area contributed by atoms with Gasteiger partial charge in [-0.25, -0.2) is 28.8 Å². The molecule has 0 aromatic heterocycles. The first-order valence-corrected chi connectivity index (χ1v) is 13.7. The van der Waals surface area contributed by atoms with Crippen molar-refractivity contribution in [2.75, 3.05) is 0 Å². The lowest BCUT2D eigenvalue weighted by Gasteiger charge is -2.33. The number of hydrogen-bond acceptors (Lipinski definition) is 8. The van der Waals surface area contributed by atoms with Gasteiger partial charge in [0.05, 0.1) is 33.4 Å². The van der Waals surface area contributed by atoms with Crippen LogP contribution in [0.15, 0.2) is 84.9 Å². The van der Waals surface area contributed by atoms with Gasteiger partial charge >= 0.3 is 53.6 Å². The monoisotopic (exact) mass is 720 g/mol. The Kier molecular flexibility index (Phi) is 9.93. The van der Waals surface area contributed by atoms with Gasteiger partial charge in [0.25, 0.3) is 0 Å². The standard InChI is InChI=1S/C33H18F6O12/c34-31(35,17-3-7-19(8-4-17)50-29(48)15-1-11-21(25(40)41)23(13-15)27(44)45)33(38,39)32(36,37)18-5-9-20(10-6-18)51-30(49)16-2-12-22(26(42)43)24(14-16)28(46)47/h1-14H,(H,40,41)(H,42,43)(H,44,45)(H,46,47). The van der Waals surface area contributed by atoms with Crippen LogP contribution in [0.25, 0.3) is 0 Å². The number of ether oxygens (including phenoxy) is 2. The molecule has 4 N–H and O–H groups in total. The lowest BCUT2D eigenvalue weighted by Crippen LogP contribution is -2.50. The first-order chi connectivity index (χ1) is 23.7. The number of carbonyl (C=O) groups excluding carboxylic acids is 2. The van der Waals surface area contributed by atoms with E-state index in [-0.39, 0.29) is 24.3 Å². The second-order valence-electron chi connectivity index (χ2n) is 10.3. The van der Waals surface area contributed by atoms with Gasteiger partial charge in [-0.1, -0.05) is 0 Å². The Morgan fingerprint density at radius 1 is 0.431 bits per heavy atom. The van der Waals surface area contributed by atoms with Crippen LogP contribution < -0.4 is 9.47 Å². The minimum atomic E-state index is -6.10. The Labute approximate surface area is 279 Å². The van der Waals surface area contributed by atoms with Gasteiger partial charge in [-0.15, -0.1) is 0 Å². The van der Waals surface area contributed by atoms with Crippen molar-refractivity contribution in [3.8, 4) is 11.5 Å². The summed E-state index contributed by atoms with van der Waals surface area (Å²) in [6, 6.07) is 8.01. The zero-order valence-electron chi connectivity index (χ0n) is 24.9. The molecule has 0 spiro atoms. The van der Waals surface area contributed by atoms with Crippen LogP contribution in [0.4, 0.5) is 26.3 Å². The summed E-state index contributed by atoms with van der Waals surface area (Å²) < 4.78 is 99.7. The van der Waals surface area contributed by atoms with Crippen LogP contribution in [-0.2, 0) is 11.8 Å². The number of rotatable bonds is 12. The van der Waals surface area contributed by atoms with Crippen molar-refractivity contribution < 1.29 is 85.0 Å². The predicted octanol–water partition coefficient (Wildman–Crippen LogP) is 6.44. The molecule has 0 amide bonds. The Bertz CT molecular complexity index is 1930. The summed E-state index contributed by atoms with van der Waals surface area (Å²) in [6.07, 6.45) is 0. The van der Waals surface area contributed by atoms with Crippen LogP contribution in [0.3, 0.4) is 0 Å². The second-order valence-corrected chi connectivity index (χ2v) is 10.3. The van der Waals surface area contributed by atoms with E-state index < -0.39 is 110 Å². The Morgan fingerprint density at radius 2 is 0.725 bits per heavy atom. The van der Waals surface area contributed by atoms with Crippen molar-refractivity contribution in [3.63, 3.8) is 0 Å². The molecule has 0 saturated carbocycles. The first-order valence-electron chi connectivity index (χ1n) is 13.7. The third-order valence-electron chi connectivity index (χ3n) is 7.08. The SMILES string of the molecule is O=C(Oc1ccc(C(F)(F)C(F)(F)C(F)(F)c2ccc(OC(=O)c3ccc(C(=O)O)c(C(=O)O)c3)cc2)cc1)c1ccc(C(=O)O)c(C(=O)O)c1. The first kappa shape index (κ1) is 37.1. The van der Waals surface area contributed by atoms with Gasteiger partial charge in [0.15, 0.2) is 0 Å². The summed E-state index contributed by atoms with van der Waals surface area (Å²) in [5, 5.41) is 36.5. The number of carboxylic acid groups (broad SMARTS) is 4. The molecule has 18 heteroatoms. The highest BCUT2D eigenvalue weighted by atomic mass is 19.3. The molecule has 0 aliphatic heterocycles. The van der Waals surface area contributed by atoms with Crippen molar-refractivity contribution in [2.45, 2.75) is 17.8 Å². The van der Waals surface area contributed by atoms with Crippen LogP contribution >= 0.6 is 0 Å². The molecular weight excluding hydrogens is 702 g/mol. The van der Waals surface area contributed by atoms with Crippen molar-refractivity contribution in [1.82, 2.24) is 0 Å². The van der Waals surface area contributed by atoms with E-state index in [0.29, 0.717) is 36.4 Å². The van der Waals surface area contributed by atoms with Crippen molar-refractivity contribution >= 4 is 35.8 Å². The summed E-state index contributed by atoms with van der Waals surface area (Å²) in [7, 11) is 0.